The van der Waals surface area contributed by atoms with Gasteiger partial charge >= 0.3 is 0 Å². The van der Waals surface area contributed by atoms with E-state index in [1.165, 1.54) is 0 Å². The quantitative estimate of drug-likeness (QED) is 0.829. The van der Waals surface area contributed by atoms with Crippen LogP contribution in [-0.4, -0.2) is 74.8 Å². The Morgan fingerprint density at radius 3 is 2.54 bits per heavy atom. The summed E-state index contributed by atoms with van der Waals surface area (Å²) in [5, 5.41) is 11.6. The topological polar surface area (TPSA) is 83.4 Å². The fourth-order valence-electron chi connectivity index (χ4n) is 5.04. The first-order valence-electron chi connectivity index (χ1n) is 10.5. The number of fused-ring (bicyclic) bond motifs is 3. The van der Waals surface area contributed by atoms with Crippen molar-refractivity contribution in [3.05, 3.63) is 11.6 Å². The molecule has 0 radical (unpaired) electrons. The van der Waals surface area contributed by atoms with Gasteiger partial charge in [0.15, 0.2) is 5.82 Å². The molecular formula is C19H27FN6O2. The zero-order valence-corrected chi connectivity index (χ0v) is 16.0. The van der Waals surface area contributed by atoms with E-state index in [1.807, 2.05) is 9.47 Å². The monoisotopic (exact) mass is 390 g/mol. The number of rotatable bonds is 3. The third kappa shape index (κ3) is 3.09. The number of alkyl halides is 1. The highest BCUT2D eigenvalue weighted by molar-refractivity contribution is 5.91. The van der Waals surface area contributed by atoms with Crippen molar-refractivity contribution < 1.29 is 14.0 Å². The second kappa shape index (κ2) is 7.09. The smallest absolute Gasteiger partial charge is 0.289 e. The van der Waals surface area contributed by atoms with Gasteiger partial charge in [0.1, 0.15) is 6.17 Å². The number of nitrogens with one attached hydrogen (secondary N) is 1. The van der Waals surface area contributed by atoms with E-state index < -0.39 is 6.17 Å². The molecule has 0 spiro atoms. The molecule has 2 amide bonds. The average molecular weight is 390 g/mol. The van der Waals surface area contributed by atoms with E-state index in [0.29, 0.717) is 38.3 Å². The van der Waals surface area contributed by atoms with Gasteiger partial charge in [-0.3, -0.25) is 14.5 Å². The van der Waals surface area contributed by atoms with Gasteiger partial charge in [0.05, 0.1) is 6.04 Å². The number of carbonyl (C=O) groups excluding carboxylic acids is 2. The van der Waals surface area contributed by atoms with E-state index in [9.17, 15) is 14.0 Å². The minimum Gasteiger partial charge on any atom is -0.347 e. The Labute approximate surface area is 163 Å². The molecule has 1 N–H and O–H groups in total. The third-order valence-electron chi connectivity index (χ3n) is 6.81. The molecule has 28 heavy (non-hydrogen) atoms. The normalized spacial score (nSPS) is 30.5. The summed E-state index contributed by atoms with van der Waals surface area (Å²) in [6, 6.07) is 0.193. The molecule has 1 atom stereocenters. The lowest BCUT2D eigenvalue weighted by Crippen LogP contribution is -2.56. The van der Waals surface area contributed by atoms with Crippen LogP contribution in [0.3, 0.4) is 0 Å². The highest BCUT2D eigenvalue weighted by atomic mass is 19.1. The minimum atomic E-state index is -0.825. The maximum Gasteiger partial charge on any atom is 0.289 e. The van der Waals surface area contributed by atoms with Crippen molar-refractivity contribution in [2.24, 2.45) is 5.92 Å². The van der Waals surface area contributed by atoms with Crippen molar-refractivity contribution in [3.8, 4) is 0 Å². The van der Waals surface area contributed by atoms with E-state index >= 15 is 0 Å². The summed E-state index contributed by atoms with van der Waals surface area (Å²) in [6.07, 6.45) is 4.26. The first kappa shape index (κ1) is 18.0. The molecule has 3 heterocycles. The van der Waals surface area contributed by atoms with Crippen LogP contribution in [0.15, 0.2) is 0 Å². The van der Waals surface area contributed by atoms with Gasteiger partial charge < -0.3 is 14.8 Å². The zero-order chi connectivity index (χ0) is 19.3. The molecule has 2 aliphatic heterocycles. The summed E-state index contributed by atoms with van der Waals surface area (Å²) in [5.41, 5.74) is 0. The van der Waals surface area contributed by atoms with Gasteiger partial charge in [-0.2, -0.15) is 0 Å². The van der Waals surface area contributed by atoms with Crippen molar-refractivity contribution in [2.45, 2.75) is 63.3 Å². The standard InChI is InChI=1S/C19H27FN6O2/c20-13-9-12(10-13)19(28)25-6-5-24-7-8-26-16(15(24)11-25)22-23-17(26)18(27)21-14-3-1-2-4-14/h12-15H,1-11H2,(H,21,27)/t12?,13?,15-/m1/s1. The molecule has 1 aromatic heterocycles. The van der Waals surface area contributed by atoms with Crippen LogP contribution in [0.4, 0.5) is 4.39 Å². The predicted molar refractivity (Wildman–Crippen MR) is 98.3 cm³/mol. The van der Waals surface area contributed by atoms with Crippen molar-refractivity contribution >= 4 is 11.8 Å². The van der Waals surface area contributed by atoms with Crippen LogP contribution in [0.5, 0.6) is 0 Å². The molecule has 4 aliphatic rings. The molecule has 9 heteroatoms. The maximum atomic E-state index is 13.1. The van der Waals surface area contributed by atoms with Gasteiger partial charge in [0, 0.05) is 44.7 Å². The molecule has 1 saturated heterocycles. The fraction of sp³-hybridized carbons (Fsp3) is 0.789. The molecule has 0 aromatic carbocycles. The Bertz CT molecular complexity index is 770. The molecular weight excluding hydrogens is 363 g/mol. The number of hydrogen-bond donors (Lipinski definition) is 1. The summed E-state index contributed by atoms with van der Waals surface area (Å²) in [7, 11) is 0. The van der Waals surface area contributed by atoms with Gasteiger partial charge in [-0.1, -0.05) is 12.8 Å². The summed E-state index contributed by atoms with van der Waals surface area (Å²) < 4.78 is 15.1. The van der Waals surface area contributed by atoms with Crippen LogP contribution in [0, 0.1) is 5.92 Å². The van der Waals surface area contributed by atoms with E-state index in [0.717, 1.165) is 44.6 Å². The number of hydrogen-bond acceptors (Lipinski definition) is 5. The van der Waals surface area contributed by atoms with Crippen LogP contribution in [0.1, 0.15) is 61.0 Å². The van der Waals surface area contributed by atoms with Gasteiger partial charge in [0.25, 0.3) is 5.91 Å². The Morgan fingerprint density at radius 2 is 1.79 bits per heavy atom. The summed E-state index contributed by atoms with van der Waals surface area (Å²) in [5.74, 6) is 0.882. The third-order valence-corrected chi connectivity index (χ3v) is 6.81. The lowest BCUT2D eigenvalue weighted by atomic mass is 9.82. The molecule has 0 bridgehead atoms. The molecule has 2 saturated carbocycles. The zero-order valence-electron chi connectivity index (χ0n) is 16.0. The Morgan fingerprint density at radius 1 is 1.04 bits per heavy atom. The van der Waals surface area contributed by atoms with E-state index in [1.54, 1.807) is 0 Å². The Hall–Kier alpha value is -2.03. The van der Waals surface area contributed by atoms with E-state index in [2.05, 4.69) is 20.4 Å². The maximum absolute atomic E-state index is 13.1. The highest BCUT2D eigenvalue weighted by Crippen LogP contribution is 2.34. The van der Waals surface area contributed by atoms with Crippen molar-refractivity contribution in [3.63, 3.8) is 0 Å². The summed E-state index contributed by atoms with van der Waals surface area (Å²) in [4.78, 5) is 29.5. The highest BCUT2D eigenvalue weighted by Gasteiger charge is 2.42. The second-order valence-corrected chi connectivity index (χ2v) is 8.59. The lowest BCUT2D eigenvalue weighted by Gasteiger charge is -2.45. The molecule has 8 nitrogen and oxygen atoms in total. The lowest BCUT2D eigenvalue weighted by molar-refractivity contribution is -0.144. The summed E-state index contributed by atoms with van der Waals surface area (Å²) in [6.45, 7) is 3.49. The first-order valence-corrected chi connectivity index (χ1v) is 10.5. The molecule has 0 unspecified atom stereocenters. The second-order valence-electron chi connectivity index (χ2n) is 8.59. The van der Waals surface area contributed by atoms with Gasteiger partial charge in [0.2, 0.25) is 11.7 Å². The van der Waals surface area contributed by atoms with Crippen molar-refractivity contribution in [2.75, 3.05) is 26.2 Å². The average Bonchev–Trinajstić information content (AvgIpc) is 3.34. The number of nitrogens with zero attached hydrogens (tertiary/aromatic N) is 5. The van der Waals surface area contributed by atoms with E-state index in [4.69, 9.17) is 0 Å². The van der Waals surface area contributed by atoms with Crippen LogP contribution in [0.25, 0.3) is 0 Å². The molecule has 3 fully saturated rings. The van der Waals surface area contributed by atoms with Crippen LogP contribution in [0.2, 0.25) is 0 Å². The molecule has 5 rings (SSSR count). The van der Waals surface area contributed by atoms with Crippen molar-refractivity contribution in [1.29, 1.82) is 0 Å². The summed E-state index contributed by atoms with van der Waals surface area (Å²) >= 11 is 0. The first-order chi connectivity index (χ1) is 13.6. The van der Waals surface area contributed by atoms with Crippen LogP contribution < -0.4 is 5.32 Å². The predicted octanol–water partition coefficient (Wildman–Crippen LogP) is 0.897. The number of amides is 2. The molecule has 2 aliphatic carbocycles. The SMILES string of the molecule is O=C(NC1CCCC1)c1nnc2n1CCN1CCN(C(=O)C3CC(F)C3)C[C@H]21. The van der Waals surface area contributed by atoms with Gasteiger partial charge in [-0.05, 0) is 25.7 Å². The van der Waals surface area contributed by atoms with Crippen LogP contribution >= 0.6 is 0 Å². The van der Waals surface area contributed by atoms with E-state index in [-0.39, 0.29) is 29.8 Å². The number of carbonyl (C=O) groups is 2. The largest absolute Gasteiger partial charge is 0.347 e. The Balaban J connectivity index is 1.31. The van der Waals surface area contributed by atoms with Gasteiger partial charge in [-0.15, -0.1) is 10.2 Å². The molecule has 152 valence electrons. The fourth-order valence-corrected chi connectivity index (χ4v) is 5.04. The van der Waals surface area contributed by atoms with Gasteiger partial charge in [-0.25, -0.2) is 4.39 Å². The van der Waals surface area contributed by atoms with Crippen molar-refractivity contribution in [1.82, 2.24) is 29.9 Å². The number of piperazine rings is 1. The number of aromatic nitrogens is 3. The minimum absolute atomic E-state index is 0.0479. The van der Waals surface area contributed by atoms with Crippen LogP contribution in [-0.2, 0) is 11.3 Å². The number of halogens is 1. The molecule has 1 aromatic rings. The Kier molecular flexibility index (Phi) is 4.57.